The average molecular weight is 376 g/mol. The van der Waals surface area contributed by atoms with Gasteiger partial charge in [0.25, 0.3) is 10.0 Å². The fraction of sp³-hybridized carbons (Fsp3) is 0.429. The number of benzene rings is 2. The van der Waals surface area contributed by atoms with Crippen LogP contribution in [0.1, 0.15) is 46.7 Å². The summed E-state index contributed by atoms with van der Waals surface area (Å²) in [5.74, 6) is -0.329. The van der Waals surface area contributed by atoms with E-state index in [1.165, 1.54) is 16.4 Å². The number of fused-ring (bicyclic) bond motifs is 1. The average Bonchev–Trinajstić information content (AvgIpc) is 2.58. The summed E-state index contributed by atoms with van der Waals surface area (Å²) in [5.41, 5.74) is 6.10. The third kappa shape index (κ3) is 2.73. The number of sulfonamides is 1. The van der Waals surface area contributed by atoms with Crippen LogP contribution >= 0.6 is 0 Å². The van der Waals surface area contributed by atoms with E-state index in [-0.39, 0.29) is 11.9 Å². The number of hydrogen-bond acceptors (Lipinski definition) is 2. The van der Waals surface area contributed by atoms with E-state index in [4.69, 9.17) is 0 Å². The molecule has 0 aromatic heterocycles. The zero-order valence-electron chi connectivity index (χ0n) is 16.3. The van der Waals surface area contributed by atoms with Crippen molar-refractivity contribution in [3.05, 3.63) is 57.4 Å². The topological polar surface area (TPSA) is 37.4 Å². The maximum absolute atomic E-state index is 13.7. The largest absolute Gasteiger partial charge is 0.265 e. The Morgan fingerprint density at radius 3 is 2.08 bits per heavy atom. The van der Waals surface area contributed by atoms with Gasteiger partial charge in [-0.1, -0.05) is 0 Å². The number of hydrogen-bond donors (Lipinski definition) is 0. The van der Waals surface area contributed by atoms with Gasteiger partial charge in [0, 0.05) is 6.04 Å². The molecule has 1 aliphatic rings. The molecule has 5 heteroatoms. The first-order valence-electron chi connectivity index (χ1n) is 8.97. The van der Waals surface area contributed by atoms with Gasteiger partial charge >= 0.3 is 0 Å². The summed E-state index contributed by atoms with van der Waals surface area (Å²) in [6, 6.07) is 4.22. The molecule has 0 fully saturated rings. The lowest BCUT2D eigenvalue weighted by Crippen LogP contribution is -2.42. The molecule has 3 nitrogen and oxygen atoms in total. The number of anilines is 1. The third-order valence-electron chi connectivity index (χ3n) is 5.96. The van der Waals surface area contributed by atoms with Gasteiger partial charge < -0.3 is 0 Å². The van der Waals surface area contributed by atoms with Crippen LogP contribution in [-0.2, 0) is 16.4 Å². The number of nitrogens with zero attached hydrogens (tertiary/aromatic N) is 1. The van der Waals surface area contributed by atoms with Gasteiger partial charge in [0.1, 0.15) is 5.82 Å². The fourth-order valence-electron chi connectivity index (χ4n) is 4.01. The normalized spacial score (nSPS) is 17.3. The van der Waals surface area contributed by atoms with E-state index in [0.717, 1.165) is 33.4 Å². The highest BCUT2D eigenvalue weighted by atomic mass is 32.2. The molecular weight excluding hydrogens is 349 g/mol. The zero-order chi connectivity index (χ0) is 19.4. The lowest BCUT2D eigenvalue weighted by molar-refractivity contribution is 0.559. The molecule has 0 amide bonds. The smallest absolute Gasteiger partial charge is 0.263 e. The first-order chi connectivity index (χ1) is 12.1. The van der Waals surface area contributed by atoms with Crippen molar-refractivity contribution in [2.75, 3.05) is 4.31 Å². The van der Waals surface area contributed by atoms with Crippen molar-refractivity contribution in [3.8, 4) is 0 Å². The highest BCUT2D eigenvalue weighted by molar-refractivity contribution is 7.93. The van der Waals surface area contributed by atoms with Gasteiger partial charge in [-0.05, 0) is 106 Å². The van der Waals surface area contributed by atoms with Crippen molar-refractivity contribution < 1.29 is 12.8 Å². The molecule has 0 N–H and O–H groups in total. The minimum atomic E-state index is -3.75. The first-order valence-corrected chi connectivity index (χ1v) is 10.4. The highest BCUT2D eigenvalue weighted by Crippen LogP contribution is 2.39. The Hall–Kier alpha value is -1.88. The van der Waals surface area contributed by atoms with Crippen LogP contribution in [0.25, 0.3) is 0 Å². The molecule has 0 saturated carbocycles. The van der Waals surface area contributed by atoms with E-state index in [0.29, 0.717) is 23.4 Å². The lowest BCUT2D eigenvalue weighted by atomic mass is 9.95. The van der Waals surface area contributed by atoms with Crippen molar-refractivity contribution in [1.82, 2.24) is 0 Å². The maximum atomic E-state index is 13.7. The van der Waals surface area contributed by atoms with Gasteiger partial charge in [-0.3, -0.25) is 4.31 Å². The second-order valence-corrected chi connectivity index (χ2v) is 9.17. The molecule has 3 rings (SSSR count). The molecule has 2 aromatic carbocycles. The molecule has 0 bridgehead atoms. The summed E-state index contributed by atoms with van der Waals surface area (Å²) < 4.78 is 42.6. The summed E-state index contributed by atoms with van der Waals surface area (Å²) >= 11 is 0. The van der Waals surface area contributed by atoms with Crippen LogP contribution in [0, 0.1) is 40.4 Å². The maximum Gasteiger partial charge on any atom is 0.265 e. The summed E-state index contributed by atoms with van der Waals surface area (Å²) in [5, 5.41) is 0. The van der Waals surface area contributed by atoms with Crippen LogP contribution in [0.2, 0.25) is 0 Å². The molecule has 2 aromatic rings. The van der Waals surface area contributed by atoms with Crippen molar-refractivity contribution in [3.63, 3.8) is 0 Å². The van der Waals surface area contributed by atoms with Crippen LogP contribution in [0.3, 0.4) is 0 Å². The van der Waals surface area contributed by atoms with Gasteiger partial charge in [-0.25, -0.2) is 12.8 Å². The molecule has 0 saturated heterocycles. The Bertz CT molecular complexity index is 967. The summed E-state index contributed by atoms with van der Waals surface area (Å²) in [7, 11) is -3.75. The van der Waals surface area contributed by atoms with Crippen LogP contribution in [-0.4, -0.2) is 14.5 Å². The van der Waals surface area contributed by atoms with Crippen molar-refractivity contribution in [1.29, 1.82) is 0 Å². The summed E-state index contributed by atoms with van der Waals surface area (Å²) in [6.45, 7) is 11.6. The Kier molecular flexibility index (Phi) is 4.63. The minimum Gasteiger partial charge on any atom is -0.263 e. The van der Waals surface area contributed by atoms with Crippen LogP contribution in [0.15, 0.2) is 23.1 Å². The SMILES string of the molecule is Cc1c(C)c(C)c(S(=O)(=O)N2c3ccc(F)cc3CCC2C)c(C)c1C. The predicted octanol–water partition coefficient (Wildman–Crippen LogP) is 4.90. The summed E-state index contributed by atoms with van der Waals surface area (Å²) in [4.78, 5) is 0.391. The highest BCUT2D eigenvalue weighted by Gasteiger charge is 2.36. The molecule has 0 spiro atoms. The van der Waals surface area contributed by atoms with E-state index < -0.39 is 10.0 Å². The molecular formula is C21H26FNO2S. The molecule has 0 aliphatic carbocycles. The van der Waals surface area contributed by atoms with Crippen molar-refractivity contribution in [2.45, 2.75) is 65.3 Å². The minimum absolute atomic E-state index is 0.168. The first kappa shape index (κ1) is 18.9. The molecule has 26 heavy (non-hydrogen) atoms. The van der Waals surface area contributed by atoms with Gasteiger partial charge in [-0.2, -0.15) is 0 Å². The third-order valence-corrected chi connectivity index (χ3v) is 8.16. The van der Waals surface area contributed by atoms with Gasteiger partial charge in [0.15, 0.2) is 0 Å². The Labute approximate surface area is 155 Å². The van der Waals surface area contributed by atoms with E-state index >= 15 is 0 Å². The Morgan fingerprint density at radius 1 is 0.962 bits per heavy atom. The molecule has 1 atom stereocenters. The van der Waals surface area contributed by atoms with Crippen molar-refractivity contribution >= 4 is 15.7 Å². The standard InChI is InChI=1S/C21H26FNO2S/c1-12-7-8-18-11-19(22)9-10-20(18)23(12)26(24,25)21-16(5)14(3)13(2)15(4)17(21)6/h9-12H,7-8H2,1-6H3. The van der Waals surface area contributed by atoms with E-state index in [1.54, 1.807) is 6.07 Å². The Balaban J connectivity index is 2.29. The number of halogens is 1. The Morgan fingerprint density at radius 2 is 1.50 bits per heavy atom. The van der Waals surface area contributed by atoms with Crippen molar-refractivity contribution in [2.24, 2.45) is 0 Å². The van der Waals surface area contributed by atoms with Gasteiger partial charge in [-0.15, -0.1) is 0 Å². The molecule has 1 heterocycles. The number of rotatable bonds is 2. The molecule has 0 radical (unpaired) electrons. The second kappa shape index (κ2) is 6.38. The predicted molar refractivity (Wildman–Crippen MR) is 104 cm³/mol. The van der Waals surface area contributed by atoms with E-state index in [1.807, 2.05) is 41.5 Å². The van der Waals surface area contributed by atoms with E-state index in [2.05, 4.69) is 0 Å². The monoisotopic (exact) mass is 375 g/mol. The second-order valence-electron chi connectivity index (χ2n) is 7.42. The van der Waals surface area contributed by atoms with Gasteiger partial charge in [0.05, 0.1) is 10.6 Å². The van der Waals surface area contributed by atoms with Crippen LogP contribution in [0.5, 0.6) is 0 Å². The quantitative estimate of drug-likeness (QED) is 0.749. The van der Waals surface area contributed by atoms with Gasteiger partial charge in [0.2, 0.25) is 0 Å². The molecule has 140 valence electrons. The van der Waals surface area contributed by atoms with Crippen LogP contribution in [0.4, 0.5) is 10.1 Å². The van der Waals surface area contributed by atoms with Crippen LogP contribution < -0.4 is 4.31 Å². The molecule has 1 aliphatic heterocycles. The summed E-state index contributed by atoms with van der Waals surface area (Å²) in [6.07, 6.45) is 1.36. The molecule has 1 unspecified atom stereocenters. The fourth-order valence-corrected chi connectivity index (χ4v) is 6.30. The lowest BCUT2D eigenvalue weighted by Gasteiger charge is -2.37. The van der Waals surface area contributed by atoms with E-state index in [9.17, 15) is 12.8 Å². The number of aryl methyl sites for hydroxylation is 1. The zero-order valence-corrected chi connectivity index (χ0v) is 17.1.